The first-order chi connectivity index (χ1) is 13.1. The van der Waals surface area contributed by atoms with Gasteiger partial charge in [-0.3, -0.25) is 4.90 Å². The van der Waals surface area contributed by atoms with Crippen molar-refractivity contribution in [2.75, 3.05) is 38.3 Å². The molecule has 1 aliphatic heterocycles. The molecular formula is C21H27N3O2S. The lowest BCUT2D eigenvalue weighted by Crippen LogP contribution is -2.54. The van der Waals surface area contributed by atoms with Crippen molar-refractivity contribution >= 4 is 23.5 Å². The first kappa shape index (κ1) is 19.6. The summed E-state index contributed by atoms with van der Waals surface area (Å²) in [6.45, 7) is 5.47. The van der Waals surface area contributed by atoms with Crippen molar-refractivity contribution in [1.82, 2.24) is 9.80 Å². The van der Waals surface area contributed by atoms with Crippen LogP contribution in [0.25, 0.3) is 0 Å². The molecule has 1 heterocycles. The Kier molecular flexibility index (Phi) is 6.63. The molecule has 6 heteroatoms. The number of thioether (sulfide) groups is 1. The number of anilines is 1. The van der Waals surface area contributed by atoms with Gasteiger partial charge in [0, 0.05) is 37.1 Å². The average Bonchev–Trinajstić information content (AvgIpc) is 2.69. The van der Waals surface area contributed by atoms with Gasteiger partial charge < -0.3 is 15.0 Å². The summed E-state index contributed by atoms with van der Waals surface area (Å²) in [5.74, 6) is 0.686. The Balaban J connectivity index is 1.60. The Bertz CT molecular complexity index is 769. The second-order valence-electron chi connectivity index (χ2n) is 6.76. The Morgan fingerprint density at radius 2 is 2.00 bits per heavy atom. The fourth-order valence-corrected chi connectivity index (χ4v) is 3.84. The van der Waals surface area contributed by atoms with E-state index in [0.29, 0.717) is 18.0 Å². The summed E-state index contributed by atoms with van der Waals surface area (Å²) in [5.41, 5.74) is 2.01. The molecule has 1 aliphatic rings. The Morgan fingerprint density at radius 1 is 1.22 bits per heavy atom. The molecule has 2 amide bonds. The Morgan fingerprint density at radius 3 is 2.67 bits per heavy atom. The highest BCUT2D eigenvalue weighted by Gasteiger charge is 2.27. The van der Waals surface area contributed by atoms with Gasteiger partial charge in [-0.05, 0) is 36.9 Å². The zero-order chi connectivity index (χ0) is 19.2. The van der Waals surface area contributed by atoms with Gasteiger partial charge in [-0.15, -0.1) is 11.8 Å². The summed E-state index contributed by atoms with van der Waals surface area (Å²) >= 11 is 1.65. The number of rotatable bonds is 5. The van der Waals surface area contributed by atoms with Crippen LogP contribution in [0.5, 0.6) is 5.75 Å². The van der Waals surface area contributed by atoms with Crippen LogP contribution in [-0.4, -0.2) is 54.9 Å². The smallest absolute Gasteiger partial charge is 0.322 e. The molecule has 0 radical (unpaired) electrons. The molecule has 144 valence electrons. The molecule has 0 saturated carbocycles. The predicted molar refractivity (Wildman–Crippen MR) is 112 cm³/mol. The summed E-state index contributed by atoms with van der Waals surface area (Å²) in [6, 6.07) is 16.4. The van der Waals surface area contributed by atoms with Crippen LogP contribution in [0.2, 0.25) is 0 Å². The molecule has 0 aromatic heterocycles. The molecule has 1 N–H and O–H groups in total. The quantitative estimate of drug-likeness (QED) is 0.785. The van der Waals surface area contributed by atoms with E-state index in [1.807, 2.05) is 35.4 Å². The fraction of sp³-hybridized carbons (Fsp3) is 0.381. The number of nitrogens with zero attached hydrogens (tertiary/aromatic N) is 2. The number of benzene rings is 2. The van der Waals surface area contributed by atoms with Crippen LogP contribution in [0.1, 0.15) is 12.5 Å². The molecule has 3 rings (SSSR count). The van der Waals surface area contributed by atoms with Gasteiger partial charge in [-0.2, -0.15) is 0 Å². The first-order valence-corrected chi connectivity index (χ1v) is 10.4. The SMILES string of the molecule is COc1cc(SC)ccc1NC(=O)N1CCN(Cc2ccccc2)C[C@H]1C. The molecule has 1 atom stereocenters. The average molecular weight is 386 g/mol. The minimum absolute atomic E-state index is 0.0722. The van der Waals surface area contributed by atoms with Crippen molar-refractivity contribution in [3.05, 3.63) is 54.1 Å². The number of amides is 2. The van der Waals surface area contributed by atoms with Gasteiger partial charge in [-0.25, -0.2) is 4.79 Å². The molecule has 5 nitrogen and oxygen atoms in total. The van der Waals surface area contributed by atoms with Crippen molar-refractivity contribution in [2.45, 2.75) is 24.4 Å². The van der Waals surface area contributed by atoms with Gasteiger partial charge >= 0.3 is 6.03 Å². The third kappa shape index (κ3) is 4.96. The van der Waals surface area contributed by atoms with Crippen LogP contribution in [-0.2, 0) is 6.54 Å². The largest absolute Gasteiger partial charge is 0.495 e. The van der Waals surface area contributed by atoms with Crippen molar-refractivity contribution in [2.24, 2.45) is 0 Å². The topological polar surface area (TPSA) is 44.8 Å². The molecule has 0 aliphatic carbocycles. The lowest BCUT2D eigenvalue weighted by molar-refractivity contribution is 0.104. The third-order valence-corrected chi connectivity index (χ3v) is 5.60. The minimum Gasteiger partial charge on any atom is -0.495 e. The lowest BCUT2D eigenvalue weighted by atomic mass is 10.1. The van der Waals surface area contributed by atoms with Crippen LogP contribution in [0.15, 0.2) is 53.4 Å². The van der Waals surface area contributed by atoms with Crippen LogP contribution in [0.3, 0.4) is 0 Å². The number of carbonyl (C=O) groups is 1. The lowest BCUT2D eigenvalue weighted by Gasteiger charge is -2.39. The van der Waals surface area contributed by atoms with Crippen molar-refractivity contribution in [3.8, 4) is 5.75 Å². The van der Waals surface area contributed by atoms with Crippen LogP contribution in [0, 0.1) is 0 Å². The maximum absolute atomic E-state index is 12.8. The van der Waals surface area contributed by atoms with Gasteiger partial charge in [0.05, 0.1) is 12.8 Å². The first-order valence-electron chi connectivity index (χ1n) is 9.16. The summed E-state index contributed by atoms with van der Waals surface area (Å²) in [7, 11) is 1.63. The molecule has 0 bridgehead atoms. The zero-order valence-corrected chi connectivity index (χ0v) is 17.0. The molecule has 27 heavy (non-hydrogen) atoms. The van der Waals surface area contributed by atoms with E-state index in [1.165, 1.54) is 5.56 Å². The molecule has 2 aromatic rings. The van der Waals surface area contributed by atoms with Crippen molar-refractivity contribution in [3.63, 3.8) is 0 Å². The van der Waals surface area contributed by atoms with E-state index >= 15 is 0 Å². The summed E-state index contributed by atoms with van der Waals surface area (Å²) in [4.78, 5) is 18.2. The molecule has 1 fully saturated rings. The maximum atomic E-state index is 12.8. The maximum Gasteiger partial charge on any atom is 0.322 e. The zero-order valence-electron chi connectivity index (χ0n) is 16.1. The number of carbonyl (C=O) groups excluding carboxylic acids is 1. The van der Waals surface area contributed by atoms with E-state index < -0.39 is 0 Å². The van der Waals surface area contributed by atoms with Crippen LogP contribution < -0.4 is 10.1 Å². The monoisotopic (exact) mass is 385 g/mol. The number of piperazine rings is 1. The summed E-state index contributed by atoms with van der Waals surface area (Å²) in [6.07, 6.45) is 2.02. The van der Waals surface area contributed by atoms with Crippen molar-refractivity contribution in [1.29, 1.82) is 0 Å². The normalized spacial score (nSPS) is 17.6. The number of hydrogen-bond acceptors (Lipinski definition) is 4. The molecule has 2 aromatic carbocycles. The second kappa shape index (κ2) is 9.15. The van der Waals surface area contributed by atoms with Gasteiger partial charge in [0.15, 0.2) is 0 Å². The van der Waals surface area contributed by atoms with E-state index in [0.717, 1.165) is 24.5 Å². The van der Waals surface area contributed by atoms with E-state index in [-0.39, 0.29) is 12.1 Å². The molecular weight excluding hydrogens is 358 g/mol. The molecule has 1 saturated heterocycles. The van der Waals surface area contributed by atoms with E-state index in [9.17, 15) is 4.79 Å². The number of nitrogens with one attached hydrogen (secondary N) is 1. The van der Waals surface area contributed by atoms with Gasteiger partial charge in [0.1, 0.15) is 5.75 Å². The van der Waals surface area contributed by atoms with Crippen molar-refractivity contribution < 1.29 is 9.53 Å². The highest BCUT2D eigenvalue weighted by Crippen LogP contribution is 2.29. The Labute approximate surface area is 165 Å². The van der Waals surface area contributed by atoms with Crippen LogP contribution in [0.4, 0.5) is 10.5 Å². The Hall–Kier alpha value is -2.18. The fourth-order valence-electron chi connectivity index (χ4n) is 3.41. The second-order valence-corrected chi connectivity index (χ2v) is 7.64. The third-order valence-electron chi connectivity index (χ3n) is 4.87. The molecule has 0 spiro atoms. The highest BCUT2D eigenvalue weighted by atomic mass is 32.2. The van der Waals surface area contributed by atoms with E-state index in [2.05, 4.69) is 41.4 Å². The van der Waals surface area contributed by atoms with Gasteiger partial charge in [0.25, 0.3) is 0 Å². The van der Waals surface area contributed by atoms with E-state index in [4.69, 9.17) is 4.74 Å². The number of urea groups is 1. The summed E-state index contributed by atoms with van der Waals surface area (Å²) < 4.78 is 5.43. The standard InChI is InChI=1S/C21H27N3O2S/c1-16-14-23(15-17-7-5-4-6-8-17)11-12-24(16)21(25)22-19-10-9-18(27-3)13-20(19)26-2/h4-10,13,16H,11-12,14-15H2,1-3H3,(H,22,25)/t16-/m1/s1. The predicted octanol–water partition coefficient (Wildman–Crippen LogP) is 4.16. The molecule has 0 unspecified atom stereocenters. The van der Waals surface area contributed by atoms with Crippen LogP contribution >= 0.6 is 11.8 Å². The minimum atomic E-state index is -0.0722. The number of ether oxygens (including phenoxy) is 1. The highest BCUT2D eigenvalue weighted by molar-refractivity contribution is 7.98. The number of hydrogen-bond donors (Lipinski definition) is 1. The van der Waals surface area contributed by atoms with Gasteiger partial charge in [0.2, 0.25) is 0 Å². The van der Waals surface area contributed by atoms with E-state index in [1.54, 1.807) is 18.9 Å². The number of methoxy groups -OCH3 is 1. The summed E-state index contributed by atoms with van der Waals surface area (Å²) in [5, 5.41) is 3.01. The van der Waals surface area contributed by atoms with Gasteiger partial charge in [-0.1, -0.05) is 30.3 Å².